The third-order valence-corrected chi connectivity index (χ3v) is 5.45. The number of anilines is 2. The van der Waals surface area contributed by atoms with Crippen molar-refractivity contribution in [3.05, 3.63) is 95.6 Å². The average Bonchev–Trinajstić information content (AvgIpc) is 3.39. The number of aryl methyl sites for hydroxylation is 1. The summed E-state index contributed by atoms with van der Waals surface area (Å²) in [5.74, 6) is -0.547. The first-order valence-electron chi connectivity index (χ1n) is 10.8. The quantitative estimate of drug-likeness (QED) is 0.430. The Hall–Kier alpha value is -4.17. The molecular formula is C25H26N6O2. The molecule has 1 aliphatic rings. The Bertz CT molecular complexity index is 1130. The highest BCUT2D eigenvalue weighted by molar-refractivity contribution is 6.02. The van der Waals surface area contributed by atoms with Gasteiger partial charge < -0.3 is 10.6 Å². The zero-order valence-electron chi connectivity index (χ0n) is 18.3. The molecular weight excluding hydrogens is 416 g/mol. The first-order valence-corrected chi connectivity index (χ1v) is 10.8. The number of hydrazine groups is 2. The molecule has 1 atom stereocenters. The summed E-state index contributed by atoms with van der Waals surface area (Å²) in [4.78, 5) is 26.1. The Morgan fingerprint density at radius 2 is 1.70 bits per heavy atom. The van der Waals surface area contributed by atoms with E-state index in [2.05, 4.69) is 26.8 Å². The van der Waals surface area contributed by atoms with Crippen molar-refractivity contribution in [1.82, 2.24) is 16.4 Å². The second-order valence-electron chi connectivity index (χ2n) is 7.69. The number of amides is 2. The molecule has 0 bridgehead atoms. The van der Waals surface area contributed by atoms with Crippen LogP contribution in [-0.2, 0) is 11.2 Å². The number of hydrogen-bond acceptors (Lipinski definition) is 6. The Morgan fingerprint density at radius 3 is 2.39 bits per heavy atom. The van der Waals surface area contributed by atoms with Gasteiger partial charge >= 0.3 is 0 Å². The summed E-state index contributed by atoms with van der Waals surface area (Å²) >= 11 is 0. The molecule has 0 fully saturated rings. The van der Waals surface area contributed by atoms with Crippen LogP contribution in [0.4, 0.5) is 11.4 Å². The summed E-state index contributed by atoms with van der Waals surface area (Å²) in [5, 5.41) is 11.5. The van der Waals surface area contributed by atoms with Crippen molar-refractivity contribution in [2.45, 2.75) is 25.8 Å². The zero-order valence-corrected chi connectivity index (χ0v) is 18.3. The summed E-state index contributed by atoms with van der Waals surface area (Å²) in [5.41, 5.74) is 9.54. The van der Waals surface area contributed by atoms with Gasteiger partial charge in [0, 0.05) is 11.3 Å². The largest absolute Gasteiger partial charge is 0.340 e. The van der Waals surface area contributed by atoms with Gasteiger partial charge in [-0.3, -0.25) is 9.59 Å². The molecule has 0 aromatic heterocycles. The fourth-order valence-corrected chi connectivity index (χ4v) is 3.62. The highest BCUT2D eigenvalue weighted by Crippen LogP contribution is 2.26. The fourth-order valence-electron chi connectivity index (χ4n) is 3.62. The molecule has 8 nitrogen and oxygen atoms in total. The Kier molecular flexibility index (Phi) is 6.96. The van der Waals surface area contributed by atoms with E-state index in [0.29, 0.717) is 24.1 Å². The lowest BCUT2D eigenvalue weighted by molar-refractivity contribution is -0.118. The van der Waals surface area contributed by atoms with E-state index < -0.39 is 6.04 Å². The van der Waals surface area contributed by atoms with Gasteiger partial charge in [0.1, 0.15) is 12.4 Å². The normalized spacial score (nSPS) is 13.3. The van der Waals surface area contributed by atoms with E-state index in [1.165, 1.54) is 0 Å². The molecule has 8 heteroatoms. The summed E-state index contributed by atoms with van der Waals surface area (Å²) in [6.07, 6.45) is 2.74. The van der Waals surface area contributed by atoms with Gasteiger partial charge in [0.05, 0.1) is 5.69 Å². The van der Waals surface area contributed by atoms with Gasteiger partial charge in [-0.05, 0) is 55.2 Å². The molecule has 168 valence electrons. The Balaban J connectivity index is 1.51. The maximum Gasteiger partial charge on any atom is 0.251 e. The molecule has 0 saturated heterocycles. The van der Waals surface area contributed by atoms with Crippen molar-refractivity contribution in [2.75, 3.05) is 10.3 Å². The van der Waals surface area contributed by atoms with Gasteiger partial charge in [-0.25, -0.2) is 10.5 Å². The van der Waals surface area contributed by atoms with E-state index >= 15 is 0 Å². The minimum atomic E-state index is -0.700. The van der Waals surface area contributed by atoms with Crippen molar-refractivity contribution in [2.24, 2.45) is 5.10 Å². The first-order chi connectivity index (χ1) is 16.1. The lowest BCUT2D eigenvalue weighted by Crippen LogP contribution is -2.44. The van der Waals surface area contributed by atoms with Crippen LogP contribution in [0.3, 0.4) is 0 Å². The van der Waals surface area contributed by atoms with Crippen LogP contribution in [0.25, 0.3) is 0 Å². The molecule has 4 rings (SSSR count). The van der Waals surface area contributed by atoms with E-state index in [-0.39, 0.29) is 11.8 Å². The van der Waals surface area contributed by atoms with Crippen molar-refractivity contribution >= 4 is 29.5 Å². The average molecular weight is 443 g/mol. The number of carbonyl (C=O) groups excluding carboxylic acids is 2. The number of carbonyl (C=O) groups is 2. The maximum absolute atomic E-state index is 13.3. The van der Waals surface area contributed by atoms with Crippen LogP contribution >= 0.6 is 0 Å². The van der Waals surface area contributed by atoms with Crippen LogP contribution in [0.1, 0.15) is 27.9 Å². The van der Waals surface area contributed by atoms with Gasteiger partial charge in [0.25, 0.3) is 5.91 Å². The highest BCUT2D eigenvalue weighted by Gasteiger charge is 2.23. The summed E-state index contributed by atoms with van der Waals surface area (Å²) in [6.45, 7) is 1.92. The van der Waals surface area contributed by atoms with Crippen LogP contribution < -0.4 is 26.7 Å². The van der Waals surface area contributed by atoms with Crippen molar-refractivity contribution in [1.29, 1.82) is 0 Å². The standard InChI is InChI=1S/C25H26N6O2/c1-18-21(13-8-14-23(18)31-17-26-29-30-31)27-25(33)22(16-15-19-9-4-2-5-10-19)28-24(32)20-11-6-3-7-12-20/h2-14,17,22,29-30H,15-16H2,1H3,(H,27,33)(H,28,32). The van der Waals surface area contributed by atoms with Crippen LogP contribution in [0.15, 0.2) is 84.0 Å². The summed E-state index contributed by atoms with van der Waals surface area (Å²) in [7, 11) is 0. The summed E-state index contributed by atoms with van der Waals surface area (Å²) in [6, 6.07) is 23.7. The molecule has 1 heterocycles. The fraction of sp³-hybridized carbons (Fsp3) is 0.160. The molecule has 3 aromatic carbocycles. The number of nitrogens with zero attached hydrogens (tertiary/aromatic N) is 2. The van der Waals surface area contributed by atoms with E-state index in [0.717, 1.165) is 16.8 Å². The monoisotopic (exact) mass is 442 g/mol. The van der Waals surface area contributed by atoms with Gasteiger partial charge in [0.15, 0.2) is 0 Å². The number of nitrogens with one attached hydrogen (secondary N) is 4. The SMILES string of the molecule is Cc1c(NC(=O)C(CCc2ccccc2)NC(=O)c2ccccc2)cccc1N1C=NNN1. The lowest BCUT2D eigenvalue weighted by Gasteiger charge is -2.22. The second kappa shape index (κ2) is 10.4. The maximum atomic E-state index is 13.3. The van der Waals surface area contributed by atoms with E-state index in [1.54, 1.807) is 35.6 Å². The molecule has 3 aromatic rings. The van der Waals surface area contributed by atoms with Gasteiger partial charge in [-0.1, -0.05) is 54.6 Å². The van der Waals surface area contributed by atoms with Gasteiger partial charge in [-0.2, -0.15) is 5.10 Å². The zero-order chi connectivity index (χ0) is 23.0. The van der Waals surface area contributed by atoms with Gasteiger partial charge in [-0.15, -0.1) is 5.53 Å². The molecule has 2 amide bonds. The number of benzene rings is 3. The predicted molar refractivity (Wildman–Crippen MR) is 130 cm³/mol. The molecule has 0 spiro atoms. The van der Waals surface area contributed by atoms with E-state index in [4.69, 9.17) is 0 Å². The molecule has 0 aliphatic carbocycles. The van der Waals surface area contributed by atoms with Crippen molar-refractivity contribution in [3.63, 3.8) is 0 Å². The van der Waals surface area contributed by atoms with Gasteiger partial charge in [0.2, 0.25) is 5.91 Å². The first kappa shape index (κ1) is 22.0. The smallest absolute Gasteiger partial charge is 0.251 e. The van der Waals surface area contributed by atoms with Crippen molar-refractivity contribution in [3.8, 4) is 0 Å². The molecule has 0 saturated carbocycles. The lowest BCUT2D eigenvalue weighted by atomic mass is 10.0. The van der Waals surface area contributed by atoms with E-state index in [9.17, 15) is 9.59 Å². The van der Waals surface area contributed by atoms with Crippen LogP contribution in [0.5, 0.6) is 0 Å². The Morgan fingerprint density at radius 1 is 0.970 bits per heavy atom. The third kappa shape index (κ3) is 5.55. The summed E-state index contributed by atoms with van der Waals surface area (Å²) < 4.78 is 0. The van der Waals surface area contributed by atoms with Crippen molar-refractivity contribution < 1.29 is 9.59 Å². The molecule has 1 aliphatic heterocycles. The topological polar surface area (TPSA) is 97.9 Å². The van der Waals surface area contributed by atoms with Crippen LogP contribution in [0, 0.1) is 6.92 Å². The Labute approximate surface area is 192 Å². The molecule has 0 radical (unpaired) electrons. The minimum Gasteiger partial charge on any atom is -0.340 e. The van der Waals surface area contributed by atoms with Crippen LogP contribution in [0.2, 0.25) is 0 Å². The third-order valence-electron chi connectivity index (χ3n) is 5.45. The molecule has 1 unspecified atom stereocenters. The number of rotatable bonds is 8. The number of hydrazone groups is 1. The molecule has 33 heavy (non-hydrogen) atoms. The minimum absolute atomic E-state index is 0.267. The highest BCUT2D eigenvalue weighted by atomic mass is 16.2. The number of hydrogen-bond donors (Lipinski definition) is 4. The van der Waals surface area contributed by atoms with Crippen LogP contribution in [-0.4, -0.2) is 24.2 Å². The second-order valence-corrected chi connectivity index (χ2v) is 7.69. The van der Waals surface area contributed by atoms with E-state index in [1.807, 2.05) is 61.5 Å². The predicted octanol–water partition coefficient (Wildman–Crippen LogP) is 3.14. The molecule has 4 N–H and O–H groups in total.